The van der Waals surface area contributed by atoms with Crippen molar-refractivity contribution in [2.24, 2.45) is 7.05 Å². The highest BCUT2D eigenvalue weighted by atomic mass is 79.9. The Hall–Kier alpha value is -3.86. The highest BCUT2D eigenvalue weighted by Crippen LogP contribution is 2.41. The summed E-state index contributed by atoms with van der Waals surface area (Å²) in [5.41, 5.74) is 6.64. The van der Waals surface area contributed by atoms with Crippen LogP contribution in [0.2, 0.25) is 0 Å². The van der Waals surface area contributed by atoms with Crippen LogP contribution in [0.4, 0.5) is 28.8 Å². The first-order valence-electron chi connectivity index (χ1n) is 15.3. The Labute approximate surface area is 279 Å². The number of halogens is 1. The Kier molecular flexibility index (Phi) is 9.67. The van der Waals surface area contributed by atoms with Crippen molar-refractivity contribution >= 4 is 69.0 Å². The van der Waals surface area contributed by atoms with E-state index in [4.69, 9.17) is 14.5 Å². The minimum Gasteiger partial charge on any atom is -0.494 e. The van der Waals surface area contributed by atoms with Gasteiger partial charge in [0.25, 0.3) is 0 Å². The fourth-order valence-electron chi connectivity index (χ4n) is 5.85. The number of aromatic nitrogens is 6. The minimum absolute atomic E-state index is 0.226. The molecule has 0 amide bonds. The monoisotopic (exact) mass is 703 g/mol. The number of piperidine rings is 1. The molecule has 1 fully saturated rings. The van der Waals surface area contributed by atoms with Crippen LogP contribution < -0.4 is 25.6 Å². The van der Waals surface area contributed by atoms with E-state index in [0.717, 1.165) is 74.9 Å². The molecule has 5 aromatic rings. The third kappa shape index (κ3) is 6.94. The number of methoxy groups -OCH3 is 1. The van der Waals surface area contributed by atoms with E-state index in [9.17, 15) is 0 Å². The van der Waals surface area contributed by atoms with Crippen LogP contribution in [0.25, 0.3) is 22.2 Å². The molecule has 1 aliphatic heterocycles. The quantitative estimate of drug-likeness (QED) is 0.150. The average molecular weight is 705 g/mol. The third-order valence-corrected chi connectivity index (χ3v) is 9.81. The Balaban J connectivity index is 1.33. The number of aryl methyl sites for hydroxylation is 1. The molecule has 0 aliphatic carbocycles. The van der Waals surface area contributed by atoms with Crippen molar-refractivity contribution in [3.05, 3.63) is 59.7 Å². The van der Waals surface area contributed by atoms with Gasteiger partial charge in [0.1, 0.15) is 11.6 Å². The zero-order chi connectivity index (χ0) is 32.4. The number of hydrogen-bond acceptors (Lipinski definition) is 10. The molecule has 3 aromatic heterocycles. The van der Waals surface area contributed by atoms with E-state index in [1.807, 2.05) is 36.3 Å². The fourth-order valence-corrected chi connectivity index (χ4v) is 7.34. The Morgan fingerprint density at radius 1 is 1.00 bits per heavy atom. The van der Waals surface area contributed by atoms with Gasteiger partial charge in [-0.1, -0.05) is 7.92 Å². The number of nitrogens with zero attached hydrogens (tertiary/aromatic N) is 7. The lowest BCUT2D eigenvalue weighted by Crippen LogP contribution is -2.38. The predicted octanol–water partition coefficient (Wildman–Crippen LogP) is 6.84. The van der Waals surface area contributed by atoms with Gasteiger partial charge < -0.3 is 25.0 Å². The highest BCUT2D eigenvalue weighted by molar-refractivity contribution is 9.10. The van der Waals surface area contributed by atoms with Gasteiger partial charge in [-0.05, 0) is 74.1 Å². The molecule has 0 spiro atoms. The van der Waals surface area contributed by atoms with Gasteiger partial charge in [0.05, 0.1) is 46.7 Å². The maximum Gasteiger partial charge on any atom is 0.229 e. The molecule has 13 heteroatoms. The normalized spacial score (nSPS) is 14.0. The first-order chi connectivity index (χ1) is 22.2. The molecule has 46 heavy (non-hydrogen) atoms. The first-order valence-corrected chi connectivity index (χ1v) is 18.3. The number of benzene rings is 2. The number of hydrogen-bond donors (Lipinski definition) is 2. The molecule has 1 aliphatic rings. The van der Waals surface area contributed by atoms with Gasteiger partial charge in [-0.25, -0.2) is 4.98 Å². The molecule has 0 radical (unpaired) electrons. The number of ether oxygens (including phenoxy) is 2. The molecular formula is C33H39BrN9O2P. The summed E-state index contributed by atoms with van der Waals surface area (Å²) in [5, 5.41) is 12.6. The van der Waals surface area contributed by atoms with E-state index in [0.29, 0.717) is 17.5 Å². The third-order valence-electron chi connectivity index (χ3n) is 7.89. The SMILES string of the molecule is COc1cc(N2CCC(OC(C)C)CC2)c(-c2cnn(C)c2)cc1Nc1ncc(Br)c(Nc2ccc3nccnc3c2P(C)C)n1. The summed E-state index contributed by atoms with van der Waals surface area (Å²) in [6.45, 7) is 10.4. The van der Waals surface area contributed by atoms with E-state index in [1.54, 1.807) is 25.7 Å². The maximum atomic E-state index is 6.11. The van der Waals surface area contributed by atoms with Crippen LogP contribution in [-0.2, 0) is 11.8 Å². The van der Waals surface area contributed by atoms with Gasteiger partial charge in [0.2, 0.25) is 5.95 Å². The fraction of sp³-hybridized carbons (Fsp3) is 0.364. The molecule has 6 rings (SSSR count). The number of rotatable bonds is 10. The Morgan fingerprint density at radius 2 is 1.78 bits per heavy atom. The van der Waals surface area contributed by atoms with Gasteiger partial charge in [0.15, 0.2) is 0 Å². The molecule has 4 heterocycles. The molecule has 0 saturated carbocycles. The van der Waals surface area contributed by atoms with Crippen LogP contribution in [0.15, 0.2) is 59.7 Å². The van der Waals surface area contributed by atoms with Crippen LogP contribution in [0.5, 0.6) is 5.75 Å². The summed E-state index contributed by atoms with van der Waals surface area (Å²) in [6, 6.07) is 8.21. The van der Waals surface area contributed by atoms with Crippen LogP contribution in [0, 0.1) is 0 Å². The molecule has 11 nitrogen and oxygen atoms in total. The van der Waals surface area contributed by atoms with Gasteiger partial charge in [-0.3, -0.25) is 14.6 Å². The van der Waals surface area contributed by atoms with Gasteiger partial charge in [-0.15, -0.1) is 0 Å². The van der Waals surface area contributed by atoms with Crippen molar-refractivity contribution < 1.29 is 9.47 Å². The Morgan fingerprint density at radius 3 is 2.48 bits per heavy atom. The maximum absolute atomic E-state index is 6.11. The zero-order valence-corrected chi connectivity index (χ0v) is 29.4. The van der Waals surface area contributed by atoms with Crippen LogP contribution in [0.3, 0.4) is 0 Å². The summed E-state index contributed by atoms with van der Waals surface area (Å²) in [7, 11) is 3.12. The second kappa shape index (κ2) is 13.9. The molecule has 2 N–H and O–H groups in total. The zero-order valence-electron chi connectivity index (χ0n) is 27.0. The Bertz CT molecular complexity index is 1840. The standard InChI is InChI=1S/C33H39BrN9O2P/c1-20(2)45-22-9-13-43(14-10-22)28-16-29(44-4)27(15-23(28)21-17-38-42(3)19-21)40-33-37-18-24(34)32(41-33)39-26-8-7-25-30(31(26)46(5)6)36-12-11-35-25/h7-8,11-12,15-20,22H,9-10,13-14H2,1-6H3,(H2,37,39,40,41). The molecular weight excluding hydrogens is 665 g/mol. The van der Waals surface area contributed by atoms with Crippen molar-refractivity contribution in [1.82, 2.24) is 29.7 Å². The summed E-state index contributed by atoms with van der Waals surface area (Å²) >= 11 is 3.64. The number of nitrogens with one attached hydrogen (secondary N) is 2. The molecule has 2 aromatic carbocycles. The molecule has 0 bridgehead atoms. The lowest BCUT2D eigenvalue weighted by molar-refractivity contribution is -0.00477. The summed E-state index contributed by atoms with van der Waals surface area (Å²) in [6.07, 6.45) is 11.6. The molecule has 240 valence electrons. The van der Waals surface area contributed by atoms with Crippen molar-refractivity contribution in [1.29, 1.82) is 0 Å². The van der Waals surface area contributed by atoms with Gasteiger partial charge in [-0.2, -0.15) is 10.1 Å². The van der Waals surface area contributed by atoms with E-state index >= 15 is 0 Å². The van der Waals surface area contributed by atoms with Crippen LogP contribution in [-0.4, -0.2) is 75.5 Å². The average Bonchev–Trinajstić information content (AvgIpc) is 3.48. The smallest absolute Gasteiger partial charge is 0.229 e. The largest absolute Gasteiger partial charge is 0.494 e. The van der Waals surface area contributed by atoms with E-state index < -0.39 is 7.92 Å². The van der Waals surface area contributed by atoms with Gasteiger partial charge >= 0.3 is 0 Å². The van der Waals surface area contributed by atoms with Gasteiger partial charge in [0, 0.05) is 78.8 Å². The minimum atomic E-state index is -0.490. The molecule has 1 saturated heterocycles. The number of anilines is 5. The van der Waals surface area contributed by atoms with E-state index in [-0.39, 0.29) is 12.2 Å². The second-order valence-electron chi connectivity index (χ2n) is 11.8. The van der Waals surface area contributed by atoms with Crippen LogP contribution >= 0.6 is 23.9 Å². The lowest BCUT2D eigenvalue weighted by Gasteiger charge is -2.35. The topological polar surface area (TPSA) is 115 Å². The summed E-state index contributed by atoms with van der Waals surface area (Å²) < 4.78 is 14.6. The van der Waals surface area contributed by atoms with E-state index in [1.165, 1.54) is 0 Å². The number of fused-ring (bicyclic) bond motifs is 1. The van der Waals surface area contributed by atoms with Crippen molar-refractivity contribution in [3.8, 4) is 16.9 Å². The molecule has 0 atom stereocenters. The predicted molar refractivity (Wildman–Crippen MR) is 191 cm³/mol. The molecule has 0 unspecified atom stereocenters. The van der Waals surface area contributed by atoms with Crippen molar-refractivity contribution in [2.75, 3.05) is 49.1 Å². The summed E-state index contributed by atoms with van der Waals surface area (Å²) in [4.78, 5) is 21.0. The van der Waals surface area contributed by atoms with Crippen LogP contribution in [0.1, 0.15) is 26.7 Å². The summed E-state index contributed by atoms with van der Waals surface area (Å²) in [5.74, 6) is 1.76. The van der Waals surface area contributed by atoms with E-state index in [2.05, 4.69) is 90.8 Å². The van der Waals surface area contributed by atoms with Crippen molar-refractivity contribution in [2.45, 2.75) is 38.9 Å². The first kappa shape index (κ1) is 32.1. The second-order valence-corrected chi connectivity index (χ2v) is 14.9. The lowest BCUT2D eigenvalue weighted by atomic mass is 10.0. The highest BCUT2D eigenvalue weighted by Gasteiger charge is 2.25. The van der Waals surface area contributed by atoms with Crippen molar-refractivity contribution in [3.63, 3.8) is 0 Å².